The third-order valence-corrected chi connectivity index (χ3v) is 5.39. The van der Waals surface area contributed by atoms with Crippen molar-refractivity contribution in [2.75, 3.05) is 5.75 Å². The van der Waals surface area contributed by atoms with Crippen molar-refractivity contribution in [2.45, 2.75) is 18.2 Å². The molecule has 0 bridgehead atoms. The van der Waals surface area contributed by atoms with E-state index in [0.29, 0.717) is 29.6 Å². The number of phenolic OH excluding ortho intramolecular Hbond substituents is 1. The van der Waals surface area contributed by atoms with Gasteiger partial charge in [0.25, 0.3) is 5.91 Å². The molecule has 0 unspecified atom stereocenters. The molecule has 4 rings (SSSR count). The van der Waals surface area contributed by atoms with Crippen LogP contribution in [0.4, 0.5) is 0 Å². The average molecular weight is 449 g/mol. The van der Waals surface area contributed by atoms with Crippen molar-refractivity contribution >= 4 is 34.9 Å². The lowest BCUT2D eigenvalue weighted by Gasteiger charge is -2.07. The molecule has 2 aromatic heterocycles. The molecule has 11 heteroatoms. The second kappa shape index (κ2) is 9.88. The minimum Gasteiger partial charge on any atom is -0.508 e. The van der Waals surface area contributed by atoms with E-state index in [1.165, 1.54) is 18.0 Å². The first-order chi connectivity index (χ1) is 15.6. The normalized spacial score (nSPS) is 11.2. The highest BCUT2D eigenvalue weighted by Crippen LogP contribution is 2.19. The Morgan fingerprint density at radius 2 is 2.06 bits per heavy atom. The molecule has 0 radical (unpaired) electrons. The number of fused-ring (bicyclic) bond motifs is 1. The highest BCUT2D eigenvalue weighted by Gasteiger charge is 2.15. The number of hydrogen-bond donors (Lipinski definition) is 2. The Morgan fingerprint density at radius 3 is 2.91 bits per heavy atom. The second-order valence-corrected chi connectivity index (χ2v) is 7.65. The summed E-state index contributed by atoms with van der Waals surface area (Å²) in [6, 6.07) is 14.3. The number of nitrogens with one attached hydrogen (secondary N) is 1. The number of para-hydroxylation sites is 1. The first-order valence-corrected chi connectivity index (χ1v) is 10.7. The number of benzene rings is 2. The van der Waals surface area contributed by atoms with Crippen LogP contribution in [0.25, 0.3) is 11.0 Å². The minimum absolute atomic E-state index is 0.110. The number of amides is 1. The summed E-state index contributed by atoms with van der Waals surface area (Å²) in [6.07, 6.45) is 3.21. The predicted molar refractivity (Wildman–Crippen MR) is 121 cm³/mol. The van der Waals surface area contributed by atoms with E-state index in [1.54, 1.807) is 35.0 Å². The summed E-state index contributed by atoms with van der Waals surface area (Å²) in [4.78, 5) is 12.2. The highest BCUT2D eigenvalue weighted by atomic mass is 32.2. The van der Waals surface area contributed by atoms with Crippen LogP contribution >= 0.6 is 11.8 Å². The number of rotatable bonds is 9. The van der Waals surface area contributed by atoms with Crippen LogP contribution in [0, 0.1) is 0 Å². The molecule has 4 aromatic rings. The smallest absolute Gasteiger partial charge is 0.250 e. The van der Waals surface area contributed by atoms with Crippen LogP contribution in [0.3, 0.4) is 0 Å². The van der Waals surface area contributed by atoms with Gasteiger partial charge < -0.3 is 9.67 Å². The number of hydrogen-bond acceptors (Lipinski definition) is 8. The standard InChI is InChI=1S/C21H20N8O2S/c1-2-10-28-19(13-29-18-9-4-3-8-17(18)23-27-29)24-26-21(28)32-14-20(31)25-22-12-15-6-5-7-16(30)11-15/h2-9,11-12,30H,1,10,13-14H2,(H,25,31). The fourth-order valence-corrected chi connectivity index (χ4v) is 3.73. The molecule has 0 fully saturated rings. The quantitative estimate of drug-likeness (QED) is 0.174. The van der Waals surface area contributed by atoms with E-state index < -0.39 is 0 Å². The van der Waals surface area contributed by atoms with Gasteiger partial charge >= 0.3 is 0 Å². The molecule has 32 heavy (non-hydrogen) atoms. The maximum absolute atomic E-state index is 12.2. The number of hydrazone groups is 1. The summed E-state index contributed by atoms with van der Waals surface area (Å²) >= 11 is 1.25. The summed E-state index contributed by atoms with van der Waals surface area (Å²) in [7, 11) is 0. The van der Waals surface area contributed by atoms with E-state index in [-0.39, 0.29) is 17.4 Å². The van der Waals surface area contributed by atoms with Crippen molar-refractivity contribution in [3.63, 3.8) is 0 Å². The second-order valence-electron chi connectivity index (χ2n) is 6.71. The lowest BCUT2D eigenvalue weighted by molar-refractivity contribution is -0.118. The average Bonchev–Trinajstić information content (AvgIpc) is 3.37. The maximum atomic E-state index is 12.2. The number of nitrogens with zero attached hydrogens (tertiary/aromatic N) is 7. The number of thioether (sulfide) groups is 1. The van der Waals surface area contributed by atoms with Gasteiger partial charge in [-0.15, -0.1) is 21.9 Å². The van der Waals surface area contributed by atoms with Crippen LogP contribution < -0.4 is 5.43 Å². The van der Waals surface area contributed by atoms with E-state index in [0.717, 1.165) is 11.0 Å². The fourth-order valence-electron chi connectivity index (χ4n) is 2.97. The number of carbonyl (C=O) groups excluding carboxylic acids is 1. The summed E-state index contributed by atoms with van der Waals surface area (Å²) in [6.45, 7) is 4.68. The van der Waals surface area contributed by atoms with Crippen molar-refractivity contribution in [1.29, 1.82) is 0 Å². The van der Waals surface area contributed by atoms with E-state index in [2.05, 4.69) is 37.6 Å². The maximum Gasteiger partial charge on any atom is 0.250 e. The van der Waals surface area contributed by atoms with Crippen LogP contribution in [0.2, 0.25) is 0 Å². The number of carbonyl (C=O) groups is 1. The molecule has 0 spiro atoms. The Bertz CT molecular complexity index is 1280. The monoisotopic (exact) mass is 448 g/mol. The van der Waals surface area contributed by atoms with Crippen molar-refractivity contribution < 1.29 is 9.90 Å². The van der Waals surface area contributed by atoms with E-state index in [4.69, 9.17) is 0 Å². The summed E-state index contributed by atoms with van der Waals surface area (Å²) in [5, 5.41) is 30.8. The van der Waals surface area contributed by atoms with Crippen molar-refractivity contribution in [2.24, 2.45) is 5.10 Å². The van der Waals surface area contributed by atoms with Gasteiger partial charge in [-0.05, 0) is 29.8 Å². The lowest BCUT2D eigenvalue weighted by Crippen LogP contribution is -2.20. The van der Waals surface area contributed by atoms with Crippen LogP contribution in [0.1, 0.15) is 11.4 Å². The topological polar surface area (TPSA) is 123 Å². The van der Waals surface area contributed by atoms with Crippen LogP contribution in [0.15, 0.2) is 71.4 Å². The Hall–Kier alpha value is -3.99. The minimum atomic E-state index is -0.289. The Morgan fingerprint density at radius 1 is 1.19 bits per heavy atom. The molecule has 162 valence electrons. The molecule has 2 aromatic carbocycles. The Labute approximate surface area is 187 Å². The largest absolute Gasteiger partial charge is 0.508 e. The molecule has 0 atom stereocenters. The SMILES string of the molecule is C=CCn1c(Cn2nnc3ccccc32)nnc1SCC(=O)NN=Cc1cccc(O)c1. The van der Waals surface area contributed by atoms with Crippen LogP contribution in [-0.4, -0.2) is 52.7 Å². The number of aromatic nitrogens is 6. The van der Waals surface area contributed by atoms with Gasteiger partial charge in [-0.25, -0.2) is 10.1 Å². The van der Waals surface area contributed by atoms with Gasteiger partial charge in [0.05, 0.1) is 17.5 Å². The van der Waals surface area contributed by atoms with Gasteiger partial charge in [0.1, 0.15) is 17.8 Å². The van der Waals surface area contributed by atoms with E-state index >= 15 is 0 Å². The summed E-state index contributed by atoms with van der Waals surface area (Å²) in [5.74, 6) is 0.639. The predicted octanol–water partition coefficient (Wildman–Crippen LogP) is 2.21. The molecular formula is C21H20N8O2S. The van der Waals surface area contributed by atoms with Crippen molar-refractivity contribution in [1.82, 2.24) is 35.2 Å². The fraction of sp³-hybridized carbons (Fsp3) is 0.143. The molecule has 0 saturated carbocycles. The number of phenols is 1. The van der Waals surface area contributed by atoms with E-state index in [9.17, 15) is 9.90 Å². The molecule has 0 saturated heterocycles. The van der Waals surface area contributed by atoms with Crippen LogP contribution in [0.5, 0.6) is 5.75 Å². The lowest BCUT2D eigenvalue weighted by atomic mass is 10.2. The first-order valence-electron chi connectivity index (χ1n) is 9.69. The molecular weight excluding hydrogens is 428 g/mol. The Balaban J connectivity index is 1.40. The van der Waals surface area contributed by atoms with Gasteiger partial charge in [-0.2, -0.15) is 5.10 Å². The highest BCUT2D eigenvalue weighted by molar-refractivity contribution is 7.99. The molecule has 0 aliphatic rings. The molecule has 2 N–H and O–H groups in total. The Kier molecular flexibility index (Phi) is 6.56. The van der Waals surface area contributed by atoms with E-state index in [1.807, 2.05) is 28.8 Å². The zero-order valence-electron chi connectivity index (χ0n) is 17.0. The summed E-state index contributed by atoms with van der Waals surface area (Å²) < 4.78 is 3.65. The van der Waals surface area contributed by atoms with Gasteiger partial charge in [0, 0.05) is 6.54 Å². The first kappa shape index (κ1) is 21.2. The van der Waals surface area contributed by atoms with Gasteiger partial charge in [0.2, 0.25) is 0 Å². The zero-order chi connectivity index (χ0) is 22.3. The van der Waals surface area contributed by atoms with Crippen molar-refractivity contribution in [3.05, 3.63) is 72.6 Å². The molecule has 1 amide bonds. The van der Waals surface area contributed by atoms with Gasteiger partial charge in [-0.1, -0.05) is 47.3 Å². The third-order valence-electron chi connectivity index (χ3n) is 4.42. The summed E-state index contributed by atoms with van der Waals surface area (Å²) in [5.41, 5.74) is 4.85. The third kappa shape index (κ3) is 5.01. The molecule has 0 aliphatic heterocycles. The number of allylic oxidation sites excluding steroid dienone is 1. The molecule has 0 aliphatic carbocycles. The zero-order valence-corrected chi connectivity index (χ0v) is 17.8. The van der Waals surface area contributed by atoms with Gasteiger partial charge in [-0.3, -0.25) is 4.79 Å². The van der Waals surface area contributed by atoms with Crippen molar-refractivity contribution in [3.8, 4) is 5.75 Å². The molecule has 10 nitrogen and oxygen atoms in total. The van der Waals surface area contributed by atoms with Crippen LogP contribution in [-0.2, 0) is 17.9 Å². The van der Waals surface area contributed by atoms with Gasteiger partial charge in [0.15, 0.2) is 11.0 Å². The number of aromatic hydroxyl groups is 1. The molecule has 2 heterocycles.